The smallest absolute Gasteiger partial charge is 0.246 e. The highest BCUT2D eigenvalue weighted by Gasteiger charge is 2.53. The van der Waals surface area contributed by atoms with Crippen LogP contribution in [-0.2, 0) is 4.79 Å². The van der Waals surface area contributed by atoms with Crippen LogP contribution in [0.5, 0.6) is 0 Å². The molecule has 4 rings (SSSR count). The number of alkyl halides is 1. The fourth-order valence-electron chi connectivity index (χ4n) is 4.24. The number of H-pyrrole nitrogens is 1. The Balaban J connectivity index is 1.52. The molecule has 1 aliphatic heterocycles. The van der Waals surface area contributed by atoms with Gasteiger partial charge in [0.05, 0.1) is 5.39 Å². The van der Waals surface area contributed by atoms with Gasteiger partial charge in [-0.15, -0.1) is 0 Å². The number of likely N-dealkylation sites (N-methyl/N-ethyl adjacent to an activating group) is 1. The van der Waals surface area contributed by atoms with Gasteiger partial charge in [0.2, 0.25) is 5.91 Å². The van der Waals surface area contributed by atoms with Crippen LogP contribution in [0.2, 0.25) is 0 Å². The zero-order chi connectivity index (χ0) is 20.6. The summed E-state index contributed by atoms with van der Waals surface area (Å²) in [5, 5.41) is 7.38. The molecule has 0 aromatic carbocycles. The summed E-state index contributed by atoms with van der Waals surface area (Å²) in [6.07, 6.45) is 9.24. The fraction of sp³-hybridized carbons (Fsp3) is 0.571. The van der Waals surface area contributed by atoms with Crippen molar-refractivity contribution in [2.45, 2.75) is 56.8 Å². The summed E-state index contributed by atoms with van der Waals surface area (Å²) in [6.45, 7) is 5.00. The molecule has 7 nitrogen and oxygen atoms in total. The van der Waals surface area contributed by atoms with Crippen LogP contribution in [0.4, 0.5) is 10.2 Å². The summed E-state index contributed by atoms with van der Waals surface area (Å²) >= 11 is 0. The molecule has 4 atom stereocenters. The Morgan fingerprint density at radius 1 is 1.45 bits per heavy atom. The average Bonchev–Trinajstić information content (AvgIpc) is 3.12. The number of carbonyl (C=O) groups excluding carboxylic acids is 1. The van der Waals surface area contributed by atoms with Crippen molar-refractivity contribution >= 4 is 22.8 Å². The third kappa shape index (κ3) is 3.99. The van der Waals surface area contributed by atoms with E-state index in [-0.39, 0.29) is 23.9 Å². The molecule has 0 spiro atoms. The molecule has 1 saturated carbocycles. The van der Waals surface area contributed by atoms with Gasteiger partial charge in [-0.1, -0.05) is 6.08 Å². The van der Waals surface area contributed by atoms with Gasteiger partial charge in [0.1, 0.15) is 23.5 Å². The van der Waals surface area contributed by atoms with E-state index in [1.165, 1.54) is 6.33 Å². The second-order valence-electron chi connectivity index (χ2n) is 8.44. The zero-order valence-electron chi connectivity index (χ0n) is 17.2. The molecule has 1 unspecified atom stereocenters. The minimum absolute atomic E-state index is 0.0283. The van der Waals surface area contributed by atoms with Crippen LogP contribution in [0.15, 0.2) is 24.7 Å². The van der Waals surface area contributed by atoms with E-state index in [0.29, 0.717) is 31.0 Å². The predicted octanol–water partition coefficient (Wildman–Crippen LogP) is 2.74. The van der Waals surface area contributed by atoms with Crippen LogP contribution in [0.3, 0.4) is 0 Å². The number of nitrogens with zero attached hydrogens (tertiary/aromatic N) is 3. The maximum Gasteiger partial charge on any atom is 0.246 e. The summed E-state index contributed by atoms with van der Waals surface area (Å²) in [7, 11) is 1.85. The highest BCUT2D eigenvalue weighted by molar-refractivity contribution is 5.91. The number of fused-ring (bicyclic) bond motifs is 1. The minimum atomic E-state index is -1.16. The van der Waals surface area contributed by atoms with Gasteiger partial charge in [-0.3, -0.25) is 4.79 Å². The molecular weight excluding hydrogens is 371 g/mol. The number of anilines is 1. The summed E-state index contributed by atoms with van der Waals surface area (Å²) in [6, 6.07) is 0.288. The Hall–Kier alpha value is -2.48. The first-order chi connectivity index (χ1) is 13.9. The molecule has 2 aliphatic rings. The molecule has 2 aromatic rings. The van der Waals surface area contributed by atoms with Gasteiger partial charge in [0, 0.05) is 43.4 Å². The third-order valence-corrected chi connectivity index (χ3v) is 6.13. The maximum absolute atomic E-state index is 14.3. The second kappa shape index (κ2) is 7.74. The van der Waals surface area contributed by atoms with Gasteiger partial charge < -0.3 is 20.5 Å². The van der Waals surface area contributed by atoms with Gasteiger partial charge in [-0.2, -0.15) is 0 Å². The molecule has 0 radical (unpaired) electrons. The van der Waals surface area contributed by atoms with Crippen molar-refractivity contribution in [3.8, 4) is 0 Å². The first kappa shape index (κ1) is 19.8. The molecule has 8 heteroatoms. The molecule has 0 bridgehead atoms. The molecular formula is C21H29FN6O. The Bertz CT molecular complexity index is 923. The zero-order valence-corrected chi connectivity index (χ0v) is 17.2. The summed E-state index contributed by atoms with van der Waals surface area (Å²) in [5.41, 5.74) is 0.485. The molecule has 3 heterocycles. The molecule has 1 amide bonds. The van der Waals surface area contributed by atoms with Gasteiger partial charge in [0.25, 0.3) is 0 Å². The predicted molar refractivity (Wildman–Crippen MR) is 112 cm³/mol. The van der Waals surface area contributed by atoms with Crippen LogP contribution in [0, 0.1) is 0 Å². The van der Waals surface area contributed by atoms with E-state index in [0.717, 1.165) is 23.8 Å². The lowest BCUT2D eigenvalue weighted by molar-refractivity contribution is -0.129. The topological polar surface area (TPSA) is 85.9 Å². The first-order valence-corrected chi connectivity index (χ1v) is 10.3. The summed E-state index contributed by atoms with van der Waals surface area (Å²) < 4.78 is 14.3. The number of halogens is 1. The molecule has 1 saturated heterocycles. The van der Waals surface area contributed by atoms with Gasteiger partial charge in [-0.25, -0.2) is 14.4 Å². The Morgan fingerprint density at radius 3 is 2.97 bits per heavy atom. The van der Waals surface area contributed by atoms with Crippen LogP contribution < -0.4 is 10.6 Å². The number of piperidine rings is 1. The van der Waals surface area contributed by atoms with E-state index in [4.69, 9.17) is 0 Å². The molecule has 1 aliphatic carbocycles. The van der Waals surface area contributed by atoms with Gasteiger partial charge in [-0.05, 0) is 45.7 Å². The number of aromatic nitrogens is 3. The molecule has 2 aromatic heterocycles. The van der Waals surface area contributed by atoms with Crippen molar-refractivity contribution in [1.82, 2.24) is 25.2 Å². The number of hydrogen-bond acceptors (Lipinski definition) is 5. The first-order valence-electron chi connectivity index (χ1n) is 10.3. The van der Waals surface area contributed by atoms with Crippen molar-refractivity contribution < 1.29 is 9.18 Å². The minimum Gasteiger partial charge on any atom is -0.365 e. The second-order valence-corrected chi connectivity index (χ2v) is 8.44. The van der Waals surface area contributed by atoms with E-state index >= 15 is 0 Å². The lowest BCUT2D eigenvalue weighted by atomic mass is 9.98. The Kier molecular flexibility index (Phi) is 5.29. The summed E-state index contributed by atoms with van der Waals surface area (Å²) in [5.74, 6) is 0.622. The van der Waals surface area contributed by atoms with Crippen LogP contribution in [0.25, 0.3) is 11.0 Å². The van der Waals surface area contributed by atoms with Crippen LogP contribution in [0.1, 0.15) is 44.6 Å². The number of nitrogens with one attached hydrogen (secondary N) is 3. The van der Waals surface area contributed by atoms with E-state index in [1.807, 2.05) is 24.2 Å². The highest BCUT2D eigenvalue weighted by atomic mass is 19.1. The lowest BCUT2D eigenvalue weighted by Gasteiger charge is -2.38. The molecule has 156 valence electrons. The van der Waals surface area contributed by atoms with E-state index in [1.54, 1.807) is 13.0 Å². The van der Waals surface area contributed by atoms with E-state index in [9.17, 15) is 9.18 Å². The highest BCUT2D eigenvalue weighted by Crippen LogP contribution is 2.56. The van der Waals surface area contributed by atoms with E-state index in [2.05, 4.69) is 32.5 Å². The quantitative estimate of drug-likeness (QED) is 0.649. The van der Waals surface area contributed by atoms with Crippen molar-refractivity contribution in [2.75, 3.05) is 25.5 Å². The number of aromatic amines is 1. The standard InChI is InChI=1S/C21H29FN6O/c1-13-6-7-14(11-28(13)17(29)5-4-8-23-3)27-20-18-15(16-9-21(16,2)22)10-24-19(18)25-12-26-20/h4-5,10,12-14,16,23H,6-9,11H2,1-3H3,(H2,24,25,26,27)/b5-4+/t13-,14+,16+,21?/m0/s1. The molecule has 2 fully saturated rings. The van der Waals surface area contributed by atoms with Crippen molar-refractivity contribution in [3.05, 3.63) is 30.2 Å². The summed E-state index contributed by atoms with van der Waals surface area (Å²) in [4.78, 5) is 26.4. The normalized spacial score (nSPS) is 29.5. The largest absolute Gasteiger partial charge is 0.365 e. The lowest BCUT2D eigenvalue weighted by Crippen LogP contribution is -2.49. The van der Waals surface area contributed by atoms with Crippen LogP contribution >= 0.6 is 0 Å². The monoisotopic (exact) mass is 400 g/mol. The number of carbonyl (C=O) groups is 1. The van der Waals surface area contributed by atoms with Gasteiger partial charge in [0.15, 0.2) is 0 Å². The molecule has 29 heavy (non-hydrogen) atoms. The van der Waals surface area contributed by atoms with E-state index < -0.39 is 5.67 Å². The van der Waals surface area contributed by atoms with Crippen molar-refractivity contribution in [1.29, 1.82) is 0 Å². The molecule has 3 N–H and O–H groups in total. The van der Waals surface area contributed by atoms with Crippen molar-refractivity contribution in [3.63, 3.8) is 0 Å². The number of rotatable bonds is 6. The van der Waals surface area contributed by atoms with Gasteiger partial charge >= 0.3 is 0 Å². The number of hydrogen-bond donors (Lipinski definition) is 3. The Morgan fingerprint density at radius 2 is 2.24 bits per heavy atom. The fourth-order valence-corrected chi connectivity index (χ4v) is 4.24. The maximum atomic E-state index is 14.3. The van der Waals surface area contributed by atoms with Crippen molar-refractivity contribution in [2.24, 2.45) is 0 Å². The van der Waals surface area contributed by atoms with Crippen LogP contribution in [-0.4, -0.2) is 63.6 Å². The third-order valence-electron chi connectivity index (χ3n) is 6.13. The SMILES string of the molecule is CNC/C=C/C(=O)N1C[C@H](Nc2ncnc3[nH]cc([C@H]4CC4(C)F)c23)CC[C@@H]1C. The average molecular weight is 401 g/mol. The Labute approximate surface area is 170 Å². The number of likely N-dealkylation sites (tertiary alicyclic amines) is 1. The number of amides is 1.